The normalized spacial score (nSPS) is 16.6. The van der Waals surface area contributed by atoms with Gasteiger partial charge in [0.15, 0.2) is 0 Å². The van der Waals surface area contributed by atoms with E-state index in [1.165, 1.54) is 22.3 Å². The third-order valence-corrected chi connectivity index (χ3v) is 3.70. The molecule has 0 atom stereocenters. The van der Waals surface area contributed by atoms with Crippen molar-refractivity contribution in [3.63, 3.8) is 0 Å². The van der Waals surface area contributed by atoms with Gasteiger partial charge < -0.3 is 4.74 Å². The molecule has 1 heteroatoms. The van der Waals surface area contributed by atoms with Crippen LogP contribution >= 0.6 is 0 Å². The number of hydrogen-bond acceptors (Lipinski definition) is 1. The molecule has 0 unspecified atom stereocenters. The molecule has 1 aromatic carbocycles. The van der Waals surface area contributed by atoms with Crippen LogP contribution < -0.4 is 4.74 Å². The van der Waals surface area contributed by atoms with Gasteiger partial charge in [-0.25, -0.2) is 0 Å². The molecule has 0 bridgehead atoms. The second-order valence-corrected chi connectivity index (χ2v) is 6.25. The maximum absolute atomic E-state index is 6.20. The molecule has 1 aliphatic rings. The highest BCUT2D eigenvalue weighted by Gasteiger charge is 2.34. The summed E-state index contributed by atoms with van der Waals surface area (Å²) in [7, 11) is 0. The number of allylic oxidation sites excluding steroid dienone is 1. The van der Waals surface area contributed by atoms with Crippen LogP contribution in [0.3, 0.4) is 0 Å². The Labute approximate surface area is 111 Å². The summed E-state index contributed by atoms with van der Waals surface area (Å²) in [6.45, 7) is 14.9. The Morgan fingerprint density at radius 2 is 2.11 bits per heavy atom. The lowest BCUT2D eigenvalue weighted by molar-refractivity contribution is 0.137. The van der Waals surface area contributed by atoms with Gasteiger partial charge in [-0.1, -0.05) is 26.0 Å². The number of benzene rings is 1. The van der Waals surface area contributed by atoms with E-state index < -0.39 is 0 Å². The second-order valence-electron chi connectivity index (χ2n) is 6.25. The van der Waals surface area contributed by atoms with Gasteiger partial charge in [-0.3, -0.25) is 0 Å². The summed E-state index contributed by atoms with van der Waals surface area (Å²) in [5, 5.41) is 0. The average Bonchev–Trinajstić information content (AvgIpc) is 2.57. The monoisotopic (exact) mass is 244 g/mol. The van der Waals surface area contributed by atoms with E-state index in [2.05, 4.69) is 47.3 Å². The van der Waals surface area contributed by atoms with Crippen molar-refractivity contribution < 1.29 is 4.74 Å². The van der Waals surface area contributed by atoms with Crippen LogP contribution in [0, 0.1) is 6.92 Å². The van der Waals surface area contributed by atoms with Crippen molar-refractivity contribution >= 4 is 0 Å². The molecule has 0 amide bonds. The van der Waals surface area contributed by atoms with Gasteiger partial charge in [0, 0.05) is 17.5 Å². The van der Waals surface area contributed by atoms with Gasteiger partial charge >= 0.3 is 0 Å². The molecular formula is C17H24O. The van der Waals surface area contributed by atoms with Crippen LogP contribution in [0.15, 0.2) is 18.7 Å². The van der Waals surface area contributed by atoms with Gasteiger partial charge in [0.25, 0.3) is 0 Å². The van der Waals surface area contributed by atoms with Crippen LogP contribution in [0.5, 0.6) is 5.75 Å². The molecule has 1 aromatic rings. The molecule has 0 aliphatic carbocycles. The fourth-order valence-electron chi connectivity index (χ4n) is 2.86. The Morgan fingerprint density at radius 1 is 1.44 bits per heavy atom. The van der Waals surface area contributed by atoms with E-state index in [0.717, 1.165) is 18.6 Å². The zero-order valence-corrected chi connectivity index (χ0v) is 12.3. The van der Waals surface area contributed by atoms with E-state index in [1.807, 2.05) is 6.08 Å². The number of ether oxygens (including phenoxy) is 1. The van der Waals surface area contributed by atoms with Gasteiger partial charge in [0.2, 0.25) is 0 Å². The van der Waals surface area contributed by atoms with E-state index in [4.69, 9.17) is 4.74 Å². The van der Waals surface area contributed by atoms with Crippen LogP contribution in [0.1, 0.15) is 55.9 Å². The molecule has 1 aliphatic heterocycles. The van der Waals surface area contributed by atoms with Crippen molar-refractivity contribution in [2.75, 3.05) is 0 Å². The fourth-order valence-corrected chi connectivity index (χ4v) is 2.86. The standard InChI is InChI=1S/C17H24O/c1-7-8-13-12(4)9-14(11(2)3)15-10-17(5,6)18-16(13)15/h7,9,11H,1,8,10H2,2-6H3. The highest BCUT2D eigenvalue weighted by Crippen LogP contribution is 2.43. The minimum absolute atomic E-state index is 0.0737. The molecule has 2 rings (SSSR count). The van der Waals surface area contributed by atoms with E-state index in [0.29, 0.717) is 5.92 Å². The quantitative estimate of drug-likeness (QED) is 0.708. The number of hydrogen-bond donors (Lipinski definition) is 0. The molecule has 0 spiro atoms. The largest absolute Gasteiger partial charge is 0.487 e. The summed E-state index contributed by atoms with van der Waals surface area (Å²) in [6, 6.07) is 2.34. The van der Waals surface area contributed by atoms with Crippen molar-refractivity contribution in [3.05, 3.63) is 41.0 Å². The molecule has 0 saturated carbocycles. The maximum Gasteiger partial charge on any atom is 0.127 e. The Balaban J connectivity index is 2.63. The minimum Gasteiger partial charge on any atom is -0.487 e. The Bertz CT molecular complexity index is 481. The van der Waals surface area contributed by atoms with Crippen molar-refractivity contribution in [2.24, 2.45) is 0 Å². The SMILES string of the molecule is C=CCc1c(C)cc(C(C)C)c2c1OC(C)(C)C2. The van der Waals surface area contributed by atoms with Crippen LogP contribution in [0.2, 0.25) is 0 Å². The Morgan fingerprint density at radius 3 is 2.67 bits per heavy atom. The first-order valence-electron chi connectivity index (χ1n) is 6.81. The smallest absolute Gasteiger partial charge is 0.127 e. The van der Waals surface area contributed by atoms with Crippen LogP contribution in [0.4, 0.5) is 0 Å². The van der Waals surface area contributed by atoms with Crippen molar-refractivity contribution in [1.29, 1.82) is 0 Å². The van der Waals surface area contributed by atoms with Crippen LogP contribution in [0.25, 0.3) is 0 Å². The molecule has 0 fully saturated rings. The topological polar surface area (TPSA) is 9.23 Å². The molecule has 1 nitrogen and oxygen atoms in total. The minimum atomic E-state index is -0.0737. The van der Waals surface area contributed by atoms with Crippen LogP contribution in [-0.4, -0.2) is 5.60 Å². The summed E-state index contributed by atoms with van der Waals surface area (Å²) in [6.07, 6.45) is 3.87. The van der Waals surface area contributed by atoms with E-state index >= 15 is 0 Å². The lowest BCUT2D eigenvalue weighted by atomic mass is 9.87. The van der Waals surface area contributed by atoms with E-state index in [-0.39, 0.29) is 5.60 Å². The third kappa shape index (κ3) is 2.19. The maximum atomic E-state index is 6.20. The van der Waals surface area contributed by atoms with Gasteiger partial charge in [-0.2, -0.15) is 0 Å². The van der Waals surface area contributed by atoms with Gasteiger partial charge in [0.05, 0.1) is 0 Å². The summed E-state index contributed by atoms with van der Waals surface area (Å²) in [4.78, 5) is 0. The first-order valence-corrected chi connectivity index (χ1v) is 6.81. The lowest BCUT2D eigenvalue weighted by Gasteiger charge is -2.19. The third-order valence-electron chi connectivity index (χ3n) is 3.70. The summed E-state index contributed by atoms with van der Waals surface area (Å²) < 4.78 is 6.20. The predicted molar refractivity (Wildman–Crippen MR) is 77.6 cm³/mol. The zero-order chi connectivity index (χ0) is 13.5. The van der Waals surface area contributed by atoms with Crippen molar-refractivity contribution in [3.8, 4) is 5.75 Å². The summed E-state index contributed by atoms with van der Waals surface area (Å²) in [5.74, 6) is 1.68. The summed E-state index contributed by atoms with van der Waals surface area (Å²) in [5.41, 5.74) is 5.43. The van der Waals surface area contributed by atoms with E-state index in [1.54, 1.807) is 0 Å². The van der Waals surface area contributed by atoms with E-state index in [9.17, 15) is 0 Å². The number of aryl methyl sites for hydroxylation is 1. The van der Waals surface area contributed by atoms with Gasteiger partial charge in [0.1, 0.15) is 11.4 Å². The van der Waals surface area contributed by atoms with Crippen molar-refractivity contribution in [1.82, 2.24) is 0 Å². The van der Waals surface area contributed by atoms with Gasteiger partial charge in [-0.15, -0.1) is 6.58 Å². The van der Waals surface area contributed by atoms with Crippen molar-refractivity contribution in [2.45, 2.75) is 59.0 Å². The summed E-state index contributed by atoms with van der Waals surface area (Å²) >= 11 is 0. The molecular weight excluding hydrogens is 220 g/mol. The highest BCUT2D eigenvalue weighted by atomic mass is 16.5. The molecule has 0 radical (unpaired) electrons. The molecule has 0 N–H and O–H groups in total. The number of fused-ring (bicyclic) bond motifs is 1. The predicted octanol–water partition coefficient (Wildman–Crippen LogP) is 4.56. The highest BCUT2D eigenvalue weighted by molar-refractivity contribution is 5.55. The molecule has 1 heterocycles. The Kier molecular flexibility index (Phi) is 3.27. The number of rotatable bonds is 3. The zero-order valence-electron chi connectivity index (χ0n) is 12.3. The fraction of sp³-hybridized carbons (Fsp3) is 0.529. The van der Waals surface area contributed by atoms with Gasteiger partial charge in [-0.05, 0) is 44.2 Å². The molecule has 0 saturated heterocycles. The molecule has 0 aromatic heterocycles. The first-order chi connectivity index (χ1) is 8.35. The molecule has 98 valence electrons. The van der Waals surface area contributed by atoms with Crippen LogP contribution in [-0.2, 0) is 12.8 Å². The molecule has 18 heavy (non-hydrogen) atoms. The first kappa shape index (κ1) is 13.2. The lowest BCUT2D eigenvalue weighted by Crippen LogP contribution is -2.25. The second kappa shape index (κ2) is 4.46. The average molecular weight is 244 g/mol. The Hall–Kier alpha value is -1.24.